The fourth-order valence-corrected chi connectivity index (χ4v) is 4.02. The SMILES string of the molecule is ICC(c1ccccc1)(c1ccccc1)c1ccccn1. The topological polar surface area (TPSA) is 12.9 Å². The Hall–Kier alpha value is -1.68. The number of benzene rings is 2. The smallest absolute Gasteiger partial charge is 0.0713 e. The average molecular weight is 385 g/mol. The molecule has 0 saturated carbocycles. The minimum Gasteiger partial charge on any atom is -0.260 e. The Morgan fingerprint density at radius 1 is 0.714 bits per heavy atom. The van der Waals surface area contributed by atoms with Gasteiger partial charge < -0.3 is 0 Å². The van der Waals surface area contributed by atoms with E-state index in [1.807, 2.05) is 12.3 Å². The zero-order chi connectivity index (χ0) is 14.5. The summed E-state index contributed by atoms with van der Waals surface area (Å²) in [7, 11) is 0. The molecule has 1 heterocycles. The van der Waals surface area contributed by atoms with Crippen molar-refractivity contribution in [3.8, 4) is 0 Å². The van der Waals surface area contributed by atoms with Gasteiger partial charge in [0.05, 0.1) is 11.1 Å². The van der Waals surface area contributed by atoms with Gasteiger partial charge in [-0.3, -0.25) is 4.98 Å². The summed E-state index contributed by atoms with van der Waals surface area (Å²) >= 11 is 2.47. The second-order valence-electron chi connectivity index (χ2n) is 4.99. The van der Waals surface area contributed by atoms with Crippen LogP contribution in [0.25, 0.3) is 0 Å². The number of alkyl halides is 1. The Balaban J connectivity index is 2.29. The standard InChI is InChI=1S/C19H16IN/c20-15-19(16-9-3-1-4-10-16,17-11-5-2-6-12-17)18-13-7-8-14-21-18/h1-14H,15H2. The zero-order valence-corrected chi connectivity index (χ0v) is 13.8. The molecule has 0 N–H and O–H groups in total. The molecular weight excluding hydrogens is 369 g/mol. The van der Waals surface area contributed by atoms with E-state index in [0.29, 0.717) is 0 Å². The number of hydrogen-bond donors (Lipinski definition) is 0. The zero-order valence-electron chi connectivity index (χ0n) is 11.6. The molecule has 0 fully saturated rings. The van der Waals surface area contributed by atoms with Crippen molar-refractivity contribution in [1.29, 1.82) is 0 Å². The summed E-state index contributed by atoms with van der Waals surface area (Å²) in [5, 5.41) is 0. The van der Waals surface area contributed by atoms with E-state index in [1.165, 1.54) is 11.1 Å². The lowest BCUT2D eigenvalue weighted by molar-refractivity contribution is 0.687. The van der Waals surface area contributed by atoms with Crippen LogP contribution in [-0.2, 0) is 5.41 Å². The van der Waals surface area contributed by atoms with Gasteiger partial charge in [0, 0.05) is 10.6 Å². The first-order chi connectivity index (χ1) is 10.4. The van der Waals surface area contributed by atoms with Gasteiger partial charge in [-0.15, -0.1) is 0 Å². The third-order valence-corrected chi connectivity index (χ3v) is 4.98. The highest BCUT2D eigenvalue weighted by Crippen LogP contribution is 2.39. The molecule has 0 amide bonds. The molecular formula is C19H16IN. The summed E-state index contributed by atoms with van der Waals surface area (Å²) < 4.78 is 0.940. The van der Waals surface area contributed by atoms with Crippen LogP contribution in [-0.4, -0.2) is 9.41 Å². The Kier molecular flexibility index (Phi) is 4.34. The number of hydrogen-bond acceptors (Lipinski definition) is 1. The minimum absolute atomic E-state index is 0.204. The maximum Gasteiger partial charge on any atom is 0.0713 e. The van der Waals surface area contributed by atoms with Crippen molar-refractivity contribution in [3.05, 3.63) is 102 Å². The van der Waals surface area contributed by atoms with E-state index >= 15 is 0 Å². The normalized spacial score (nSPS) is 11.3. The van der Waals surface area contributed by atoms with E-state index in [2.05, 4.69) is 100 Å². The summed E-state index contributed by atoms with van der Waals surface area (Å²) in [6.07, 6.45) is 1.88. The van der Waals surface area contributed by atoms with E-state index in [9.17, 15) is 0 Å². The van der Waals surface area contributed by atoms with Gasteiger partial charge in [-0.25, -0.2) is 0 Å². The summed E-state index contributed by atoms with van der Waals surface area (Å²) in [5.41, 5.74) is 3.45. The average Bonchev–Trinajstić information content (AvgIpc) is 2.59. The Morgan fingerprint density at radius 2 is 1.24 bits per heavy atom. The molecule has 0 aliphatic heterocycles. The lowest BCUT2D eigenvalue weighted by atomic mass is 9.73. The second-order valence-corrected chi connectivity index (χ2v) is 5.75. The molecule has 0 atom stereocenters. The highest BCUT2D eigenvalue weighted by Gasteiger charge is 2.36. The quantitative estimate of drug-likeness (QED) is 0.462. The third-order valence-electron chi connectivity index (χ3n) is 3.84. The van der Waals surface area contributed by atoms with Gasteiger partial charge in [-0.1, -0.05) is 89.3 Å². The molecule has 2 aromatic carbocycles. The van der Waals surface area contributed by atoms with Gasteiger partial charge in [0.25, 0.3) is 0 Å². The van der Waals surface area contributed by atoms with Crippen molar-refractivity contribution in [2.45, 2.75) is 5.41 Å². The van der Waals surface area contributed by atoms with Gasteiger partial charge in [0.1, 0.15) is 0 Å². The Labute approximate surface area is 139 Å². The number of rotatable bonds is 4. The number of pyridine rings is 1. The van der Waals surface area contributed by atoms with E-state index in [0.717, 1.165) is 10.1 Å². The summed E-state index contributed by atoms with van der Waals surface area (Å²) in [6.45, 7) is 0. The molecule has 0 spiro atoms. The monoisotopic (exact) mass is 385 g/mol. The highest BCUT2D eigenvalue weighted by atomic mass is 127. The van der Waals surface area contributed by atoms with Gasteiger partial charge in [0.15, 0.2) is 0 Å². The lowest BCUT2D eigenvalue weighted by Gasteiger charge is -2.33. The van der Waals surface area contributed by atoms with E-state index in [-0.39, 0.29) is 5.41 Å². The molecule has 0 saturated heterocycles. The first-order valence-corrected chi connectivity index (χ1v) is 8.49. The van der Waals surface area contributed by atoms with Gasteiger partial charge in [-0.05, 0) is 23.3 Å². The molecule has 0 aliphatic rings. The number of aromatic nitrogens is 1. The largest absolute Gasteiger partial charge is 0.260 e. The summed E-state index contributed by atoms with van der Waals surface area (Å²) in [5.74, 6) is 0. The van der Waals surface area contributed by atoms with E-state index < -0.39 is 0 Å². The fraction of sp³-hybridized carbons (Fsp3) is 0.105. The molecule has 104 valence electrons. The van der Waals surface area contributed by atoms with Crippen molar-refractivity contribution in [1.82, 2.24) is 4.98 Å². The molecule has 1 nitrogen and oxygen atoms in total. The van der Waals surface area contributed by atoms with Crippen LogP contribution in [0.5, 0.6) is 0 Å². The molecule has 0 unspecified atom stereocenters. The molecule has 1 aromatic heterocycles. The van der Waals surface area contributed by atoms with E-state index in [4.69, 9.17) is 0 Å². The first kappa shape index (κ1) is 14.3. The lowest BCUT2D eigenvalue weighted by Crippen LogP contribution is -2.32. The van der Waals surface area contributed by atoms with Crippen molar-refractivity contribution < 1.29 is 0 Å². The van der Waals surface area contributed by atoms with Gasteiger partial charge >= 0.3 is 0 Å². The van der Waals surface area contributed by atoms with Crippen LogP contribution in [0.3, 0.4) is 0 Å². The van der Waals surface area contributed by atoms with Crippen molar-refractivity contribution in [3.63, 3.8) is 0 Å². The summed E-state index contributed by atoms with van der Waals surface area (Å²) in [6, 6.07) is 27.5. The van der Waals surface area contributed by atoms with Crippen LogP contribution >= 0.6 is 22.6 Å². The highest BCUT2D eigenvalue weighted by molar-refractivity contribution is 14.1. The molecule has 21 heavy (non-hydrogen) atoms. The Bertz CT molecular complexity index is 584. The second kappa shape index (κ2) is 6.39. The molecule has 0 bridgehead atoms. The van der Waals surface area contributed by atoms with Gasteiger partial charge in [-0.2, -0.15) is 0 Å². The van der Waals surface area contributed by atoms with Gasteiger partial charge in [0.2, 0.25) is 0 Å². The molecule has 3 aromatic rings. The number of nitrogens with zero attached hydrogens (tertiary/aromatic N) is 1. The first-order valence-electron chi connectivity index (χ1n) is 6.96. The Morgan fingerprint density at radius 3 is 1.67 bits per heavy atom. The third kappa shape index (κ3) is 2.60. The van der Waals surface area contributed by atoms with Crippen LogP contribution in [0.4, 0.5) is 0 Å². The summed E-state index contributed by atoms with van der Waals surface area (Å²) in [4.78, 5) is 4.67. The molecule has 0 aliphatic carbocycles. The van der Waals surface area contributed by atoms with Crippen LogP contribution in [0, 0.1) is 0 Å². The predicted octanol–water partition coefficient (Wildman–Crippen LogP) is 4.85. The molecule has 3 rings (SSSR count). The van der Waals surface area contributed by atoms with Crippen LogP contribution in [0.1, 0.15) is 16.8 Å². The van der Waals surface area contributed by atoms with Crippen LogP contribution < -0.4 is 0 Å². The fourth-order valence-electron chi connectivity index (χ4n) is 2.75. The van der Waals surface area contributed by atoms with E-state index in [1.54, 1.807) is 0 Å². The van der Waals surface area contributed by atoms with Crippen LogP contribution in [0.2, 0.25) is 0 Å². The minimum atomic E-state index is -0.204. The molecule has 0 radical (unpaired) electrons. The van der Waals surface area contributed by atoms with Crippen LogP contribution in [0.15, 0.2) is 85.1 Å². The number of halogens is 1. The maximum absolute atomic E-state index is 4.67. The van der Waals surface area contributed by atoms with Crippen molar-refractivity contribution >= 4 is 22.6 Å². The predicted molar refractivity (Wildman–Crippen MR) is 95.9 cm³/mol. The van der Waals surface area contributed by atoms with Crippen molar-refractivity contribution in [2.24, 2.45) is 0 Å². The molecule has 2 heteroatoms. The van der Waals surface area contributed by atoms with Crippen molar-refractivity contribution in [2.75, 3.05) is 4.43 Å². The maximum atomic E-state index is 4.67.